The molecule has 172 valence electrons. The fraction of sp³-hybridized carbons (Fsp3) is 0.423. The Morgan fingerprint density at radius 1 is 1.00 bits per heavy atom. The molecule has 33 heavy (non-hydrogen) atoms. The third kappa shape index (κ3) is 4.37. The molecule has 2 saturated heterocycles. The van der Waals surface area contributed by atoms with Crippen LogP contribution in [-0.4, -0.2) is 58.3 Å². The number of carbonyl (C=O) groups is 3. The Labute approximate surface area is 193 Å². The number of fused-ring (bicyclic) bond motifs is 1. The summed E-state index contributed by atoms with van der Waals surface area (Å²) in [6, 6.07) is 13.1. The molecule has 0 unspecified atom stereocenters. The topological polar surface area (TPSA) is 90.0 Å². The molecular formula is C26H29N3O4. The molecule has 0 bridgehead atoms. The van der Waals surface area contributed by atoms with E-state index >= 15 is 0 Å². The number of hydrogen-bond acceptors (Lipinski definition) is 5. The number of nitrogens with zero attached hydrogens (tertiary/aromatic N) is 2. The van der Waals surface area contributed by atoms with Crippen molar-refractivity contribution < 1.29 is 19.5 Å². The van der Waals surface area contributed by atoms with E-state index in [4.69, 9.17) is 0 Å². The van der Waals surface area contributed by atoms with Crippen LogP contribution >= 0.6 is 0 Å². The smallest absolute Gasteiger partial charge is 0.255 e. The molecule has 7 nitrogen and oxygen atoms in total. The van der Waals surface area contributed by atoms with Gasteiger partial charge in [0.15, 0.2) is 0 Å². The van der Waals surface area contributed by atoms with Crippen LogP contribution in [0.4, 0.5) is 0 Å². The SMILES string of the molecule is O=C1CC[C@H](N2Cc3cc(C4CCN(CCc5ccccc5O)CC4)ccc3C2=O)C(=O)N1. The highest BCUT2D eigenvalue weighted by molar-refractivity contribution is 6.05. The van der Waals surface area contributed by atoms with E-state index in [-0.39, 0.29) is 24.1 Å². The number of para-hydroxylation sites is 1. The quantitative estimate of drug-likeness (QED) is 0.688. The molecule has 0 saturated carbocycles. The second-order valence-electron chi connectivity index (χ2n) is 9.31. The van der Waals surface area contributed by atoms with Crippen molar-refractivity contribution in [3.8, 4) is 5.75 Å². The Hall–Kier alpha value is -3.19. The van der Waals surface area contributed by atoms with Gasteiger partial charge in [-0.2, -0.15) is 0 Å². The minimum atomic E-state index is -0.571. The van der Waals surface area contributed by atoms with Crippen LogP contribution in [-0.2, 0) is 22.6 Å². The van der Waals surface area contributed by atoms with Gasteiger partial charge in [-0.3, -0.25) is 19.7 Å². The van der Waals surface area contributed by atoms with Crippen LogP contribution in [0.1, 0.15) is 58.6 Å². The Morgan fingerprint density at radius 3 is 2.55 bits per heavy atom. The number of piperidine rings is 2. The van der Waals surface area contributed by atoms with Gasteiger partial charge in [0.05, 0.1) is 0 Å². The molecule has 0 aromatic heterocycles. The molecule has 1 atom stereocenters. The van der Waals surface area contributed by atoms with Gasteiger partial charge in [-0.15, -0.1) is 0 Å². The van der Waals surface area contributed by atoms with Crippen molar-refractivity contribution in [1.82, 2.24) is 15.1 Å². The van der Waals surface area contributed by atoms with E-state index in [1.165, 1.54) is 5.56 Å². The molecular weight excluding hydrogens is 418 g/mol. The minimum absolute atomic E-state index is 0.120. The first-order valence-corrected chi connectivity index (χ1v) is 11.8. The van der Waals surface area contributed by atoms with Crippen LogP contribution in [0.25, 0.3) is 0 Å². The van der Waals surface area contributed by atoms with Gasteiger partial charge in [0.25, 0.3) is 5.91 Å². The maximum atomic E-state index is 12.9. The van der Waals surface area contributed by atoms with Gasteiger partial charge in [-0.25, -0.2) is 0 Å². The first-order valence-electron chi connectivity index (χ1n) is 11.8. The number of rotatable bonds is 5. The molecule has 7 heteroatoms. The number of hydrogen-bond donors (Lipinski definition) is 2. The number of aromatic hydroxyl groups is 1. The van der Waals surface area contributed by atoms with E-state index in [9.17, 15) is 19.5 Å². The average molecular weight is 448 g/mol. The summed E-state index contributed by atoms with van der Waals surface area (Å²) in [5, 5.41) is 12.3. The average Bonchev–Trinajstić information content (AvgIpc) is 3.14. The number of benzene rings is 2. The van der Waals surface area contributed by atoms with E-state index in [2.05, 4.69) is 22.3 Å². The molecule has 2 N–H and O–H groups in total. The highest BCUT2D eigenvalue weighted by atomic mass is 16.3. The summed E-state index contributed by atoms with van der Waals surface area (Å²) < 4.78 is 0. The summed E-state index contributed by atoms with van der Waals surface area (Å²) in [6.07, 6.45) is 3.61. The molecule has 3 amide bonds. The molecule has 2 fully saturated rings. The Morgan fingerprint density at radius 2 is 1.79 bits per heavy atom. The van der Waals surface area contributed by atoms with Crippen LogP contribution < -0.4 is 5.32 Å². The summed E-state index contributed by atoms with van der Waals surface area (Å²) in [5.74, 6) is 0.0614. The first kappa shape index (κ1) is 21.6. The molecule has 5 rings (SSSR count). The summed E-state index contributed by atoms with van der Waals surface area (Å²) in [7, 11) is 0. The first-order chi connectivity index (χ1) is 16.0. The lowest BCUT2D eigenvalue weighted by atomic mass is 9.88. The van der Waals surface area contributed by atoms with Crippen molar-refractivity contribution in [2.45, 2.75) is 50.6 Å². The lowest BCUT2D eigenvalue weighted by molar-refractivity contribution is -0.136. The predicted molar refractivity (Wildman–Crippen MR) is 123 cm³/mol. The van der Waals surface area contributed by atoms with Crippen molar-refractivity contribution in [3.63, 3.8) is 0 Å². The summed E-state index contributed by atoms with van der Waals surface area (Å²) in [6.45, 7) is 3.38. The van der Waals surface area contributed by atoms with Gasteiger partial charge >= 0.3 is 0 Å². The van der Waals surface area contributed by atoms with Gasteiger partial charge in [0.2, 0.25) is 11.8 Å². The number of imide groups is 1. The Bertz CT molecular complexity index is 1090. The van der Waals surface area contributed by atoms with Gasteiger partial charge in [-0.1, -0.05) is 30.3 Å². The zero-order valence-electron chi connectivity index (χ0n) is 18.6. The molecule has 2 aromatic rings. The van der Waals surface area contributed by atoms with Crippen molar-refractivity contribution >= 4 is 17.7 Å². The number of nitrogens with one attached hydrogen (secondary N) is 1. The van der Waals surface area contributed by atoms with Crippen molar-refractivity contribution in [2.75, 3.05) is 19.6 Å². The van der Waals surface area contributed by atoms with Gasteiger partial charge in [0, 0.05) is 25.1 Å². The summed E-state index contributed by atoms with van der Waals surface area (Å²) in [5.41, 5.74) is 3.89. The normalized spacial score (nSPS) is 21.9. The molecule has 0 radical (unpaired) electrons. The van der Waals surface area contributed by atoms with Crippen molar-refractivity contribution in [1.29, 1.82) is 0 Å². The van der Waals surface area contributed by atoms with E-state index in [0.717, 1.165) is 50.0 Å². The lowest BCUT2D eigenvalue weighted by Gasteiger charge is -2.32. The van der Waals surface area contributed by atoms with Gasteiger partial charge in [-0.05, 0) is 73.5 Å². The van der Waals surface area contributed by atoms with Gasteiger partial charge < -0.3 is 14.9 Å². The standard InChI is InChI=1S/C26H29N3O4/c30-23-4-2-1-3-18(23)11-14-28-12-9-17(10-13-28)19-5-6-21-20(15-19)16-29(26(21)33)22-7-8-24(31)27-25(22)32/h1-6,15,17,22,30H,7-14,16H2,(H,27,31,32)/t22-/m0/s1. The van der Waals surface area contributed by atoms with Crippen LogP contribution in [0.15, 0.2) is 42.5 Å². The maximum Gasteiger partial charge on any atom is 0.255 e. The van der Waals surface area contributed by atoms with Crippen molar-refractivity contribution in [2.24, 2.45) is 0 Å². The Kier molecular flexibility index (Phi) is 5.89. The number of amides is 3. The van der Waals surface area contributed by atoms with E-state index < -0.39 is 6.04 Å². The molecule has 3 aliphatic rings. The lowest BCUT2D eigenvalue weighted by Crippen LogP contribution is -2.52. The summed E-state index contributed by atoms with van der Waals surface area (Å²) in [4.78, 5) is 40.7. The van der Waals surface area contributed by atoms with E-state index in [1.54, 1.807) is 11.0 Å². The highest BCUT2D eigenvalue weighted by Crippen LogP contribution is 2.33. The minimum Gasteiger partial charge on any atom is -0.508 e. The highest BCUT2D eigenvalue weighted by Gasteiger charge is 2.39. The monoisotopic (exact) mass is 447 g/mol. The molecule has 3 heterocycles. The zero-order valence-corrected chi connectivity index (χ0v) is 18.6. The fourth-order valence-corrected chi connectivity index (χ4v) is 5.34. The second kappa shape index (κ2) is 8.98. The number of phenolic OH excluding ortho intramolecular Hbond substituents is 1. The number of phenols is 1. The largest absolute Gasteiger partial charge is 0.508 e. The van der Waals surface area contributed by atoms with Gasteiger partial charge in [0.1, 0.15) is 11.8 Å². The molecule has 0 spiro atoms. The number of carbonyl (C=O) groups excluding carboxylic acids is 3. The Balaban J connectivity index is 1.19. The van der Waals surface area contributed by atoms with Crippen LogP contribution in [0.3, 0.4) is 0 Å². The predicted octanol–water partition coefficient (Wildman–Crippen LogP) is 2.58. The third-order valence-corrected chi connectivity index (χ3v) is 7.30. The molecule has 3 aliphatic heterocycles. The van der Waals surface area contributed by atoms with Crippen molar-refractivity contribution in [3.05, 3.63) is 64.7 Å². The molecule has 2 aromatic carbocycles. The third-order valence-electron chi connectivity index (χ3n) is 7.30. The number of likely N-dealkylation sites (tertiary alicyclic amines) is 1. The fourth-order valence-electron chi connectivity index (χ4n) is 5.34. The summed E-state index contributed by atoms with van der Waals surface area (Å²) >= 11 is 0. The van der Waals surface area contributed by atoms with E-state index in [1.807, 2.05) is 24.3 Å². The zero-order chi connectivity index (χ0) is 22.9. The van der Waals surface area contributed by atoms with Crippen LogP contribution in [0, 0.1) is 0 Å². The van der Waals surface area contributed by atoms with Crippen LogP contribution in [0.2, 0.25) is 0 Å². The molecule has 0 aliphatic carbocycles. The van der Waals surface area contributed by atoms with Crippen LogP contribution in [0.5, 0.6) is 5.75 Å². The second-order valence-corrected chi connectivity index (χ2v) is 9.31. The van der Waals surface area contributed by atoms with E-state index in [0.29, 0.717) is 30.2 Å². The maximum absolute atomic E-state index is 12.9.